The summed E-state index contributed by atoms with van der Waals surface area (Å²) in [5.41, 5.74) is 5.58. The molecule has 1 aromatic heterocycles. The Morgan fingerprint density at radius 3 is 2.55 bits per heavy atom. The van der Waals surface area contributed by atoms with E-state index in [9.17, 15) is 8.42 Å². The highest BCUT2D eigenvalue weighted by Crippen LogP contribution is 2.26. The molecular formula is C13H26N4O2S. The summed E-state index contributed by atoms with van der Waals surface area (Å²) in [5, 5.41) is 4.02. The van der Waals surface area contributed by atoms with Gasteiger partial charge in [0, 0.05) is 19.3 Å². The third-order valence-electron chi connectivity index (χ3n) is 3.78. The molecule has 0 unspecified atom stereocenters. The maximum atomic E-state index is 12.3. The second-order valence-corrected chi connectivity index (χ2v) is 7.84. The maximum absolute atomic E-state index is 12.3. The number of anilines is 1. The zero-order chi connectivity index (χ0) is 15.6. The number of aryl methyl sites for hydroxylation is 1. The molecule has 1 heterocycles. The average molecular weight is 302 g/mol. The number of sulfonamides is 1. The van der Waals surface area contributed by atoms with Crippen LogP contribution in [0.3, 0.4) is 0 Å². The summed E-state index contributed by atoms with van der Waals surface area (Å²) in [6, 6.07) is 0. The van der Waals surface area contributed by atoms with Crippen LogP contribution in [-0.4, -0.2) is 24.7 Å². The first-order valence-corrected chi connectivity index (χ1v) is 8.41. The Morgan fingerprint density at radius 2 is 2.05 bits per heavy atom. The van der Waals surface area contributed by atoms with Crippen molar-refractivity contribution in [2.24, 2.45) is 11.3 Å². The van der Waals surface area contributed by atoms with Crippen LogP contribution in [0.25, 0.3) is 0 Å². The molecule has 0 aliphatic carbocycles. The Hall–Kier alpha value is -1.08. The molecule has 0 spiro atoms. The number of hydrogen-bond acceptors (Lipinski definition) is 4. The fourth-order valence-corrected chi connectivity index (χ4v) is 2.83. The van der Waals surface area contributed by atoms with Gasteiger partial charge in [-0.25, -0.2) is 13.1 Å². The van der Waals surface area contributed by atoms with E-state index in [-0.39, 0.29) is 16.1 Å². The fraction of sp³-hybridized carbons (Fsp3) is 0.769. The molecule has 0 bridgehead atoms. The molecule has 3 N–H and O–H groups in total. The number of nitrogen functional groups attached to an aromatic ring is 1. The fourth-order valence-electron chi connectivity index (χ4n) is 1.53. The van der Waals surface area contributed by atoms with Crippen molar-refractivity contribution < 1.29 is 8.42 Å². The second-order valence-electron chi connectivity index (χ2n) is 6.11. The van der Waals surface area contributed by atoms with E-state index in [1.54, 1.807) is 4.68 Å². The van der Waals surface area contributed by atoms with Crippen LogP contribution in [0.5, 0.6) is 0 Å². The molecule has 0 saturated heterocycles. The predicted molar refractivity (Wildman–Crippen MR) is 80.7 cm³/mol. The number of nitrogens with one attached hydrogen (secondary N) is 1. The van der Waals surface area contributed by atoms with Crippen molar-refractivity contribution in [3.05, 3.63) is 6.20 Å². The molecule has 7 heteroatoms. The third kappa shape index (κ3) is 3.96. The SMILES string of the molecule is CCCn1cc(S(=O)(=O)NCC(C)(C)C(C)C)c(N)n1. The Balaban J connectivity index is 2.89. The van der Waals surface area contributed by atoms with E-state index < -0.39 is 10.0 Å². The van der Waals surface area contributed by atoms with Crippen LogP contribution < -0.4 is 10.5 Å². The minimum Gasteiger partial charge on any atom is -0.381 e. The summed E-state index contributed by atoms with van der Waals surface area (Å²) in [5.74, 6) is 0.415. The van der Waals surface area contributed by atoms with Crippen molar-refractivity contribution in [1.29, 1.82) is 0 Å². The quantitative estimate of drug-likeness (QED) is 0.804. The van der Waals surface area contributed by atoms with E-state index in [0.717, 1.165) is 6.42 Å². The molecule has 20 heavy (non-hydrogen) atoms. The number of aromatic nitrogens is 2. The zero-order valence-corrected chi connectivity index (χ0v) is 13.8. The minimum absolute atomic E-state index is 0.0494. The lowest BCUT2D eigenvalue weighted by molar-refractivity contribution is 0.252. The van der Waals surface area contributed by atoms with Crippen molar-refractivity contribution in [1.82, 2.24) is 14.5 Å². The van der Waals surface area contributed by atoms with Crippen molar-refractivity contribution in [2.75, 3.05) is 12.3 Å². The van der Waals surface area contributed by atoms with E-state index in [4.69, 9.17) is 5.73 Å². The summed E-state index contributed by atoms with van der Waals surface area (Å²) in [6.07, 6.45) is 2.36. The van der Waals surface area contributed by atoms with Crippen molar-refractivity contribution in [3.8, 4) is 0 Å². The summed E-state index contributed by atoms with van der Waals surface area (Å²) in [7, 11) is -3.61. The van der Waals surface area contributed by atoms with Crippen LogP contribution in [0.4, 0.5) is 5.82 Å². The number of nitrogens with two attached hydrogens (primary N) is 1. The summed E-state index contributed by atoms with van der Waals surface area (Å²) < 4.78 is 28.8. The van der Waals surface area contributed by atoms with Gasteiger partial charge in [0.15, 0.2) is 5.82 Å². The van der Waals surface area contributed by atoms with Crippen molar-refractivity contribution in [3.63, 3.8) is 0 Å². The van der Waals surface area contributed by atoms with Crippen LogP contribution >= 0.6 is 0 Å². The topological polar surface area (TPSA) is 90.0 Å². The lowest BCUT2D eigenvalue weighted by Gasteiger charge is -2.29. The minimum atomic E-state index is -3.61. The lowest BCUT2D eigenvalue weighted by Crippen LogP contribution is -2.37. The second kappa shape index (κ2) is 6.13. The van der Waals surface area contributed by atoms with Gasteiger partial charge in [0.25, 0.3) is 0 Å². The highest BCUT2D eigenvalue weighted by atomic mass is 32.2. The summed E-state index contributed by atoms with van der Waals surface area (Å²) >= 11 is 0. The van der Waals surface area contributed by atoms with Crippen molar-refractivity contribution in [2.45, 2.75) is 52.5 Å². The Kier molecular flexibility index (Phi) is 5.21. The van der Waals surface area contributed by atoms with Crippen LogP contribution in [0.2, 0.25) is 0 Å². The molecule has 1 aromatic rings. The molecule has 116 valence electrons. The Labute approximate surface area is 121 Å². The van der Waals surface area contributed by atoms with Crippen LogP contribution in [0, 0.1) is 11.3 Å². The van der Waals surface area contributed by atoms with Gasteiger partial charge in [-0.05, 0) is 17.8 Å². The number of nitrogens with zero attached hydrogens (tertiary/aromatic N) is 2. The summed E-state index contributed by atoms with van der Waals surface area (Å²) in [6.45, 7) is 11.2. The van der Waals surface area contributed by atoms with Gasteiger partial charge in [-0.2, -0.15) is 5.10 Å². The van der Waals surface area contributed by atoms with E-state index in [2.05, 4.69) is 23.7 Å². The first-order valence-electron chi connectivity index (χ1n) is 6.92. The van der Waals surface area contributed by atoms with E-state index in [1.807, 2.05) is 20.8 Å². The molecule has 0 radical (unpaired) electrons. The van der Waals surface area contributed by atoms with Gasteiger partial charge in [-0.3, -0.25) is 4.68 Å². The Morgan fingerprint density at radius 1 is 1.45 bits per heavy atom. The van der Waals surface area contributed by atoms with Gasteiger partial charge < -0.3 is 5.73 Å². The molecule has 0 aliphatic heterocycles. The van der Waals surface area contributed by atoms with Crippen LogP contribution in [0.15, 0.2) is 11.1 Å². The van der Waals surface area contributed by atoms with Gasteiger partial charge >= 0.3 is 0 Å². The standard InChI is InChI=1S/C13H26N4O2S/c1-6-7-17-8-11(12(14)16-17)20(18,19)15-9-13(4,5)10(2)3/h8,10,15H,6-7,9H2,1-5H3,(H2,14,16). The highest BCUT2D eigenvalue weighted by molar-refractivity contribution is 7.89. The van der Waals surface area contributed by atoms with Gasteiger partial charge in [0.2, 0.25) is 10.0 Å². The predicted octanol–water partition coefficient (Wildman–Crippen LogP) is 1.84. The number of hydrogen-bond donors (Lipinski definition) is 2. The summed E-state index contributed by atoms with van der Waals surface area (Å²) in [4.78, 5) is 0.0607. The smallest absolute Gasteiger partial charge is 0.245 e. The van der Waals surface area contributed by atoms with Gasteiger partial charge in [-0.1, -0.05) is 34.6 Å². The average Bonchev–Trinajstić information content (AvgIpc) is 2.69. The first kappa shape index (κ1) is 17.0. The van der Waals surface area contributed by atoms with E-state index >= 15 is 0 Å². The zero-order valence-electron chi connectivity index (χ0n) is 13.0. The first-order chi connectivity index (χ1) is 9.10. The van der Waals surface area contributed by atoms with Crippen LogP contribution in [0.1, 0.15) is 41.0 Å². The van der Waals surface area contributed by atoms with Crippen molar-refractivity contribution >= 4 is 15.8 Å². The van der Waals surface area contributed by atoms with Crippen LogP contribution in [-0.2, 0) is 16.6 Å². The van der Waals surface area contributed by atoms with Gasteiger partial charge in [0.1, 0.15) is 4.90 Å². The molecule has 0 atom stereocenters. The number of rotatable bonds is 7. The highest BCUT2D eigenvalue weighted by Gasteiger charge is 2.27. The van der Waals surface area contributed by atoms with E-state index in [1.165, 1.54) is 6.20 Å². The van der Waals surface area contributed by atoms with E-state index in [0.29, 0.717) is 19.0 Å². The molecule has 0 saturated carbocycles. The molecule has 0 amide bonds. The molecule has 0 aromatic carbocycles. The normalized spacial score (nSPS) is 13.1. The molecule has 1 rings (SSSR count). The van der Waals surface area contributed by atoms with Gasteiger partial charge in [0.05, 0.1) is 0 Å². The molecule has 0 fully saturated rings. The molecule has 0 aliphatic rings. The lowest BCUT2D eigenvalue weighted by atomic mass is 9.81. The maximum Gasteiger partial charge on any atom is 0.245 e. The van der Waals surface area contributed by atoms with Gasteiger partial charge in [-0.15, -0.1) is 0 Å². The third-order valence-corrected chi connectivity index (χ3v) is 5.20. The molecular weight excluding hydrogens is 276 g/mol. The Bertz CT molecular complexity index is 547. The molecule has 6 nitrogen and oxygen atoms in total. The monoisotopic (exact) mass is 302 g/mol. The largest absolute Gasteiger partial charge is 0.381 e.